The van der Waals surface area contributed by atoms with Crippen LogP contribution in [-0.2, 0) is 6.42 Å². The molecule has 2 N–H and O–H groups in total. The zero-order valence-corrected chi connectivity index (χ0v) is 17.2. The number of aromatic nitrogens is 2. The summed E-state index contributed by atoms with van der Waals surface area (Å²) in [5.41, 5.74) is 0.852. The molecule has 0 saturated heterocycles. The number of hydrogen-bond acceptors (Lipinski definition) is 6. The smallest absolute Gasteiger partial charge is 0.261 e. The van der Waals surface area contributed by atoms with Gasteiger partial charge in [0, 0.05) is 13.0 Å². The van der Waals surface area contributed by atoms with Gasteiger partial charge in [0.1, 0.15) is 10.8 Å². The van der Waals surface area contributed by atoms with Crippen LogP contribution in [0.1, 0.15) is 32.6 Å². The highest BCUT2D eigenvalue weighted by Crippen LogP contribution is 2.21. The van der Waals surface area contributed by atoms with Crippen LogP contribution in [0.15, 0.2) is 48.5 Å². The average molecular weight is 431 g/mol. The molecule has 7 nitrogen and oxygen atoms in total. The number of amides is 2. The van der Waals surface area contributed by atoms with Crippen molar-refractivity contribution in [2.24, 2.45) is 0 Å². The number of para-hydroxylation sites is 1. The number of rotatable bonds is 8. The Morgan fingerprint density at radius 1 is 1.03 bits per heavy atom. The van der Waals surface area contributed by atoms with E-state index in [0.29, 0.717) is 51.6 Å². The van der Waals surface area contributed by atoms with Crippen LogP contribution in [0, 0.1) is 0 Å². The third-order valence-corrected chi connectivity index (χ3v) is 5.09. The second-order valence-electron chi connectivity index (χ2n) is 5.87. The Kier molecular flexibility index (Phi) is 7.15. The Bertz CT molecular complexity index is 1010. The minimum Gasteiger partial charge on any atom is -0.493 e. The van der Waals surface area contributed by atoms with Crippen LogP contribution in [0.2, 0.25) is 5.02 Å². The molecule has 3 aromatic rings. The minimum atomic E-state index is -0.316. The maximum Gasteiger partial charge on any atom is 0.261 e. The molecule has 0 atom stereocenters. The van der Waals surface area contributed by atoms with Gasteiger partial charge in [-0.3, -0.25) is 14.9 Å². The molecule has 2 aromatic carbocycles. The van der Waals surface area contributed by atoms with Gasteiger partial charge in [-0.05, 0) is 31.2 Å². The molecule has 0 saturated carbocycles. The molecule has 0 fully saturated rings. The van der Waals surface area contributed by atoms with Gasteiger partial charge < -0.3 is 10.1 Å². The van der Waals surface area contributed by atoms with Crippen molar-refractivity contribution in [1.29, 1.82) is 0 Å². The van der Waals surface area contributed by atoms with Gasteiger partial charge in [0.25, 0.3) is 11.8 Å². The summed E-state index contributed by atoms with van der Waals surface area (Å²) >= 11 is 7.27. The van der Waals surface area contributed by atoms with E-state index in [9.17, 15) is 9.59 Å². The van der Waals surface area contributed by atoms with Gasteiger partial charge in [-0.1, -0.05) is 47.2 Å². The maximum atomic E-state index is 12.5. The summed E-state index contributed by atoms with van der Waals surface area (Å²) in [4.78, 5) is 24.6. The standard InChI is InChI=1S/C20H19ClN4O3S/c1-2-28-16-10-6-4-8-14(16)19(27)23-20-25-24-17(29-20)11-12-22-18(26)13-7-3-5-9-15(13)21/h3-10H,2,11-12H2,1H3,(H,22,26)(H,23,25,27). The van der Waals surface area contributed by atoms with Crippen molar-refractivity contribution in [3.63, 3.8) is 0 Å². The second kappa shape index (κ2) is 9.99. The van der Waals surface area contributed by atoms with Crippen molar-refractivity contribution in [2.45, 2.75) is 13.3 Å². The number of hydrogen-bond donors (Lipinski definition) is 2. The number of anilines is 1. The Morgan fingerprint density at radius 2 is 1.76 bits per heavy atom. The first-order valence-corrected chi connectivity index (χ1v) is 10.2. The van der Waals surface area contributed by atoms with Crippen molar-refractivity contribution >= 4 is 39.9 Å². The second-order valence-corrected chi connectivity index (χ2v) is 7.34. The molecular formula is C20H19ClN4O3S. The first-order chi connectivity index (χ1) is 14.1. The van der Waals surface area contributed by atoms with E-state index in [0.717, 1.165) is 0 Å². The van der Waals surface area contributed by atoms with E-state index in [1.807, 2.05) is 13.0 Å². The van der Waals surface area contributed by atoms with Crippen LogP contribution in [0.25, 0.3) is 0 Å². The van der Waals surface area contributed by atoms with E-state index in [2.05, 4.69) is 20.8 Å². The zero-order chi connectivity index (χ0) is 20.6. The lowest BCUT2D eigenvalue weighted by Crippen LogP contribution is -2.25. The fourth-order valence-corrected chi connectivity index (χ4v) is 3.48. The Labute approximate surface area is 177 Å². The van der Waals surface area contributed by atoms with Gasteiger partial charge in [-0.25, -0.2) is 0 Å². The number of nitrogens with zero attached hydrogens (tertiary/aromatic N) is 2. The lowest BCUT2D eigenvalue weighted by molar-refractivity contribution is 0.0953. The van der Waals surface area contributed by atoms with Crippen molar-refractivity contribution in [3.05, 3.63) is 69.7 Å². The highest BCUT2D eigenvalue weighted by molar-refractivity contribution is 7.15. The van der Waals surface area contributed by atoms with Crippen LogP contribution in [0.5, 0.6) is 5.75 Å². The molecule has 2 amide bonds. The fraction of sp³-hybridized carbons (Fsp3) is 0.200. The fourth-order valence-electron chi connectivity index (χ4n) is 2.53. The molecule has 0 aliphatic rings. The van der Waals surface area contributed by atoms with E-state index in [4.69, 9.17) is 16.3 Å². The summed E-state index contributed by atoms with van der Waals surface area (Å²) in [6, 6.07) is 13.9. The predicted octanol–water partition coefficient (Wildman–Crippen LogP) is 3.82. The predicted molar refractivity (Wildman–Crippen MR) is 113 cm³/mol. The zero-order valence-electron chi connectivity index (χ0n) is 15.6. The highest BCUT2D eigenvalue weighted by atomic mass is 35.5. The first kappa shape index (κ1) is 20.8. The molecule has 1 heterocycles. The molecule has 150 valence electrons. The van der Waals surface area contributed by atoms with Crippen molar-refractivity contribution in [3.8, 4) is 5.75 Å². The quantitative estimate of drug-likeness (QED) is 0.566. The van der Waals surface area contributed by atoms with Gasteiger partial charge >= 0.3 is 0 Å². The highest BCUT2D eigenvalue weighted by Gasteiger charge is 2.15. The van der Waals surface area contributed by atoms with Crippen molar-refractivity contribution < 1.29 is 14.3 Å². The molecule has 3 rings (SSSR count). The van der Waals surface area contributed by atoms with Crippen LogP contribution >= 0.6 is 22.9 Å². The number of nitrogens with one attached hydrogen (secondary N) is 2. The van der Waals surface area contributed by atoms with Gasteiger partial charge in [-0.2, -0.15) is 0 Å². The topological polar surface area (TPSA) is 93.2 Å². The van der Waals surface area contributed by atoms with E-state index >= 15 is 0 Å². The van der Waals surface area contributed by atoms with Gasteiger partial charge in [0.15, 0.2) is 0 Å². The summed E-state index contributed by atoms with van der Waals surface area (Å²) in [6.45, 7) is 2.70. The van der Waals surface area contributed by atoms with Crippen LogP contribution in [0.4, 0.5) is 5.13 Å². The summed E-state index contributed by atoms with van der Waals surface area (Å²) in [7, 11) is 0. The average Bonchev–Trinajstić information content (AvgIpc) is 3.16. The van der Waals surface area contributed by atoms with Crippen molar-refractivity contribution in [1.82, 2.24) is 15.5 Å². The maximum absolute atomic E-state index is 12.5. The van der Waals surface area contributed by atoms with Crippen molar-refractivity contribution in [2.75, 3.05) is 18.5 Å². The summed E-state index contributed by atoms with van der Waals surface area (Å²) < 4.78 is 5.48. The van der Waals surface area contributed by atoms with Gasteiger partial charge in [-0.15, -0.1) is 10.2 Å². The normalized spacial score (nSPS) is 10.4. The molecule has 29 heavy (non-hydrogen) atoms. The molecule has 0 spiro atoms. The molecule has 0 radical (unpaired) electrons. The number of carbonyl (C=O) groups is 2. The minimum absolute atomic E-state index is 0.249. The van der Waals surface area contributed by atoms with Gasteiger partial charge in [0.2, 0.25) is 5.13 Å². The third kappa shape index (κ3) is 5.52. The molecule has 1 aromatic heterocycles. The third-order valence-electron chi connectivity index (χ3n) is 3.86. The summed E-state index contributed by atoms with van der Waals surface area (Å²) in [6.07, 6.45) is 0.485. The molecule has 0 aliphatic carbocycles. The number of carbonyl (C=O) groups excluding carboxylic acids is 2. The lowest BCUT2D eigenvalue weighted by Gasteiger charge is -2.08. The number of halogens is 1. The van der Waals surface area contributed by atoms with Crippen LogP contribution < -0.4 is 15.4 Å². The Morgan fingerprint density at radius 3 is 2.52 bits per heavy atom. The Hall–Kier alpha value is -2.97. The largest absolute Gasteiger partial charge is 0.493 e. The number of ether oxygens (including phenoxy) is 1. The lowest BCUT2D eigenvalue weighted by atomic mass is 10.2. The first-order valence-electron chi connectivity index (χ1n) is 8.96. The summed E-state index contributed by atoms with van der Waals surface area (Å²) in [5, 5.41) is 15.0. The molecule has 0 bridgehead atoms. The molecular weight excluding hydrogens is 412 g/mol. The summed E-state index contributed by atoms with van der Waals surface area (Å²) in [5.74, 6) is -0.0514. The SMILES string of the molecule is CCOc1ccccc1C(=O)Nc1nnc(CCNC(=O)c2ccccc2Cl)s1. The molecule has 0 unspecified atom stereocenters. The van der Waals surface area contributed by atoms with E-state index < -0.39 is 0 Å². The Balaban J connectivity index is 1.54. The van der Waals surface area contributed by atoms with Crippen LogP contribution in [0.3, 0.4) is 0 Å². The van der Waals surface area contributed by atoms with E-state index in [1.54, 1.807) is 42.5 Å². The molecule has 9 heteroatoms. The number of benzene rings is 2. The van der Waals surface area contributed by atoms with E-state index in [1.165, 1.54) is 11.3 Å². The van der Waals surface area contributed by atoms with E-state index in [-0.39, 0.29) is 11.8 Å². The van der Waals surface area contributed by atoms with Crippen LogP contribution in [-0.4, -0.2) is 35.2 Å². The van der Waals surface area contributed by atoms with Gasteiger partial charge in [0.05, 0.1) is 22.8 Å². The molecule has 0 aliphatic heterocycles. The monoisotopic (exact) mass is 430 g/mol.